The first-order valence-corrected chi connectivity index (χ1v) is 9.07. The molecule has 152 valence electrons. The van der Waals surface area contributed by atoms with Crippen LogP contribution in [0.25, 0.3) is 0 Å². The van der Waals surface area contributed by atoms with E-state index in [1.807, 2.05) is 37.1 Å². The highest BCUT2D eigenvalue weighted by Crippen LogP contribution is 2.27. The first-order chi connectivity index (χ1) is 12.6. The number of nitrogens with one attached hydrogen (secondary N) is 2. The monoisotopic (exact) mass is 490 g/mol. The summed E-state index contributed by atoms with van der Waals surface area (Å²) in [7, 11) is 5.24. The molecule has 1 fully saturated rings. The fraction of sp³-hybridized carbons (Fsp3) is 0.579. The standard InChI is InChI=1S/C19H30N4O3.HI/c1-5-20-19(21-13-18(24)22-15-7-8-15)23(2)11-10-14-6-9-16(25-3)17(12-14)26-4;/h6,9,12,15H,5,7-8,10-11,13H2,1-4H3,(H,20,21)(H,22,24);1H. The molecule has 1 aliphatic rings. The molecule has 2 rings (SSSR count). The largest absolute Gasteiger partial charge is 0.493 e. The van der Waals surface area contributed by atoms with Gasteiger partial charge in [0.05, 0.1) is 14.2 Å². The van der Waals surface area contributed by atoms with Crippen molar-refractivity contribution in [2.24, 2.45) is 4.99 Å². The van der Waals surface area contributed by atoms with E-state index in [9.17, 15) is 4.79 Å². The Balaban J connectivity index is 0.00000364. The summed E-state index contributed by atoms with van der Waals surface area (Å²) in [4.78, 5) is 18.3. The van der Waals surface area contributed by atoms with E-state index in [0.717, 1.165) is 55.4 Å². The van der Waals surface area contributed by atoms with Gasteiger partial charge in [0.1, 0.15) is 6.54 Å². The second-order valence-electron chi connectivity index (χ2n) is 6.37. The van der Waals surface area contributed by atoms with Crippen molar-refractivity contribution in [2.75, 3.05) is 40.9 Å². The van der Waals surface area contributed by atoms with Crippen LogP contribution >= 0.6 is 24.0 Å². The van der Waals surface area contributed by atoms with Crippen molar-refractivity contribution in [3.05, 3.63) is 23.8 Å². The predicted octanol–water partition coefficient (Wildman–Crippen LogP) is 2.04. The van der Waals surface area contributed by atoms with Crippen molar-refractivity contribution in [2.45, 2.75) is 32.2 Å². The number of rotatable bonds is 9. The first-order valence-electron chi connectivity index (χ1n) is 9.07. The number of benzene rings is 1. The maximum atomic E-state index is 11.8. The van der Waals surface area contributed by atoms with E-state index in [1.165, 1.54) is 0 Å². The summed E-state index contributed by atoms with van der Waals surface area (Å²) in [5.74, 6) is 2.17. The topological polar surface area (TPSA) is 75.2 Å². The SMILES string of the molecule is CCNC(=NCC(=O)NC1CC1)N(C)CCc1ccc(OC)c(OC)c1.I. The van der Waals surface area contributed by atoms with E-state index in [2.05, 4.69) is 15.6 Å². The van der Waals surface area contributed by atoms with Crippen LogP contribution in [0.5, 0.6) is 11.5 Å². The summed E-state index contributed by atoms with van der Waals surface area (Å²) in [5, 5.41) is 6.19. The van der Waals surface area contributed by atoms with E-state index >= 15 is 0 Å². The van der Waals surface area contributed by atoms with Gasteiger partial charge in [-0.15, -0.1) is 24.0 Å². The quantitative estimate of drug-likeness (QED) is 0.315. The first kappa shape index (κ1) is 23.3. The van der Waals surface area contributed by atoms with Gasteiger partial charge in [-0.25, -0.2) is 4.99 Å². The number of ether oxygens (including phenoxy) is 2. The van der Waals surface area contributed by atoms with Crippen LogP contribution in [0.15, 0.2) is 23.2 Å². The molecule has 0 unspecified atom stereocenters. The van der Waals surface area contributed by atoms with Gasteiger partial charge in [0.2, 0.25) is 5.91 Å². The van der Waals surface area contributed by atoms with Crippen LogP contribution in [-0.4, -0.2) is 63.7 Å². The molecule has 0 saturated heterocycles. The molecule has 0 aromatic heterocycles. The maximum absolute atomic E-state index is 11.8. The molecule has 0 spiro atoms. The highest BCUT2D eigenvalue weighted by atomic mass is 127. The molecule has 1 aromatic rings. The van der Waals surface area contributed by atoms with Gasteiger partial charge in [0.15, 0.2) is 17.5 Å². The second-order valence-corrected chi connectivity index (χ2v) is 6.37. The third kappa shape index (κ3) is 7.82. The molecule has 0 bridgehead atoms. The van der Waals surface area contributed by atoms with Crippen LogP contribution in [0.1, 0.15) is 25.3 Å². The van der Waals surface area contributed by atoms with Gasteiger partial charge in [-0.05, 0) is 43.9 Å². The summed E-state index contributed by atoms with van der Waals surface area (Å²) >= 11 is 0. The molecule has 2 N–H and O–H groups in total. The minimum Gasteiger partial charge on any atom is -0.493 e. The number of guanidine groups is 1. The van der Waals surface area contributed by atoms with Crippen LogP contribution in [0.2, 0.25) is 0 Å². The molecule has 1 amide bonds. The predicted molar refractivity (Wildman–Crippen MR) is 118 cm³/mol. The summed E-state index contributed by atoms with van der Waals surface area (Å²) in [6.07, 6.45) is 3.00. The molecule has 27 heavy (non-hydrogen) atoms. The molecule has 0 radical (unpaired) electrons. The molecular formula is C19H31IN4O3. The normalized spacial score (nSPS) is 13.4. The lowest BCUT2D eigenvalue weighted by molar-refractivity contribution is -0.119. The fourth-order valence-electron chi connectivity index (χ4n) is 2.56. The number of nitrogens with zero attached hydrogens (tertiary/aromatic N) is 2. The summed E-state index contributed by atoms with van der Waals surface area (Å²) in [6.45, 7) is 3.69. The van der Waals surface area contributed by atoms with E-state index < -0.39 is 0 Å². The van der Waals surface area contributed by atoms with E-state index in [1.54, 1.807) is 14.2 Å². The maximum Gasteiger partial charge on any atom is 0.242 e. The molecule has 0 heterocycles. The highest BCUT2D eigenvalue weighted by molar-refractivity contribution is 14.0. The van der Waals surface area contributed by atoms with E-state index in [0.29, 0.717) is 6.04 Å². The lowest BCUT2D eigenvalue weighted by Gasteiger charge is -2.22. The number of likely N-dealkylation sites (N-methyl/N-ethyl adjacent to an activating group) is 1. The summed E-state index contributed by atoms with van der Waals surface area (Å²) in [6, 6.07) is 6.29. The third-order valence-electron chi connectivity index (χ3n) is 4.20. The molecule has 7 nitrogen and oxygen atoms in total. The van der Waals surface area contributed by atoms with Crippen molar-refractivity contribution >= 4 is 35.8 Å². The minimum atomic E-state index is -0.0174. The molecular weight excluding hydrogens is 459 g/mol. The van der Waals surface area contributed by atoms with Crippen molar-refractivity contribution in [1.82, 2.24) is 15.5 Å². The Hall–Kier alpha value is -1.71. The van der Waals surface area contributed by atoms with Gasteiger partial charge in [-0.1, -0.05) is 6.07 Å². The van der Waals surface area contributed by atoms with Gasteiger partial charge < -0.3 is 25.0 Å². The highest BCUT2D eigenvalue weighted by Gasteiger charge is 2.23. The molecule has 8 heteroatoms. The van der Waals surface area contributed by atoms with Gasteiger partial charge in [-0.3, -0.25) is 4.79 Å². The Bertz CT molecular complexity index is 635. The van der Waals surface area contributed by atoms with Gasteiger partial charge in [-0.2, -0.15) is 0 Å². The zero-order valence-corrected chi connectivity index (χ0v) is 18.9. The number of methoxy groups -OCH3 is 2. The number of amides is 1. The van der Waals surface area contributed by atoms with Crippen molar-refractivity contribution in [1.29, 1.82) is 0 Å². The Kier molecular flexibility index (Phi) is 10.3. The van der Waals surface area contributed by atoms with E-state index in [-0.39, 0.29) is 36.4 Å². The van der Waals surface area contributed by atoms with Crippen LogP contribution < -0.4 is 20.1 Å². The molecule has 1 aromatic carbocycles. The van der Waals surface area contributed by atoms with Crippen molar-refractivity contribution < 1.29 is 14.3 Å². The van der Waals surface area contributed by atoms with Gasteiger partial charge in [0.25, 0.3) is 0 Å². The van der Waals surface area contributed by atoms with Crippen LogP contribution in [0.3, 0.4) is 0 Å². The van der Waals surface area contributed by atoms with Crippen LogP contribution in [-0.2, 0) is 11.2 Å². The van der Waals surface area contributed by atoms with Gasteiger partial charge in [0, 0.05) is 26.2 Å². The Labute approximate surface area is 178 Å². The fourth-order valence-corrected chi connectivity index (χ4v) is 2.56. The number of carbonyl (C=O) groups excluding carboxylic acids is 1. The molecule has 0 atom stereocenters. The van der Waals surface area contributed by atoms with Gasteiger partial charge >= 0.3 is 0 Å². The molecule has 1 aliphatic carbocycles. The van der Waals surface area contributed by atoms with Crippen molar-refractivity contribution in [3.8, 4) is 11.5 Å². The zero-order valence-electron chi connectivity index (χ0n) is 16.6. The summed E-state index contributed by atoms with van der Waals surface area (Å²) in [5.41, 5.74) is 1.15. The second kappa shape index (κ2) is 11.9. The molecule has 1 saturated carbocycles. The average molecular weight is 490 g/mol. The smallest absolute Gasteiger partial charge is 0.242 e. The zero-order chi connectivity index (χ0) is 18.9. The van der Waals surface area contributed by atoms with E-state index in [4.69, 9.17) is 9.47 Å². The Morgan fingerprint density at radius 1 is 1.26 bits per heavy atom. The number of carbonyl (C=O) groups is 1. The third-order valence-corrected chi connectivity index (χ3v) is 4.20. The number of hydrogen-bond acceptors (Lipinski definition) is 4. The number of hydrogen-bond donors (Lipinski definition) is 2. The minimum absolute atomic E-state index is 0. The lowest BCUT2D eigenvalue weighted by atomic mass is 10.1. The Morgan fingerprint density at radius 3 is 2.56 bits per heavy atom. The molecule has 0 aliphatic heterocycles. The van der Waals surface area contributed by atoms with Crippen LogP contribution in [0, 0.1) is 0 Å². The number of aliphatic imine (C=N–C) groups is 1. The Morgan fingerprint density at radius 2 is 1.96 bits per heavy atom. The number of halogens is 1. The van der Waals surface area contributed by atoms with Crippen LogP contribution in [0.4, 0.5) is 0 Å². The average Bonchev–Trinajstić information content (AvgIpc) is 3.46. The lowest BCUT2D eigenvalue weighted by Crippen LogP contribution is -2.41. The summed E-state index contributed by atoms with van der Waals surface area (Å²) < 4.78 is 10.6. The van der Waals surface area contributed by atoms with Crippen molar-refractivity contribution in [3.63, 3.8) is 0 Å².